The highest BCUT2D eigenvalue weighted by molar-refractivity contribution is 5.77. The van der Waals surface area contributed by atoms with Crippen molar-refractivity contribution in [1.29, 1.82) is 0 Å². The summed E-state index contributed by atoms with van der Waals surface area (Å²) < 4.78 is 13.0. The Morgan fingerprint density at radius 1 is 1.64 bits per heavy atom. The van der Waals surface area contributed by atoms with Crippen molar-refractivity contribution in [2.24, 2.45) is 16.5 Å². The smallest absolute Gasteiger partial charge is 0.0978 e. The third-order valence-electron chi connectivity index (χ3n) is 1.59. The van der Waals surface area contributed by atoms with Crippen molar-refractivity contribution in [2.75, 3.05) is 13.2 Å². The van der Waals surface area contributed by atoms with Crippen molar-refractivity contribution >= 4 is 5.84 Å². The van der Waals surface area contributed by atoms with E-state index in [-0.39, 0.29) is 24.9 Å². The number of hydrogen-bond acceptors (Lipinski definition) is 3. The van der Waals surface area contributed by atoms with Crippen LogP contribution in [-0.4, -0.2) is 30.1 Å². The first-order chi connectivity index (χ1) is 6.56. The van der Waals surface area contributed by atoms with Crippen LogP contribution in [0.2, 0.25) is 0 Å². The number of aliphatic imine (C=N–C) groups is 1. The molecule has 5 heteroatoms. The predicted octanol–water partition coefficient (Wildman–Crippen LogP) is 0.317. The van der Waals surface area contributed by atoms with Crippen LogP contribution in [0.1, 0.15) is 19.8 Å². The maximum Gasteiger partial charge on any atom is 0.0978 e. The summed E-state index contributed by atoms with van der Waals surface area (Å²) in [6.45, 7) is 1.87. The number of aliphatic hydroxyl groups is 1. The van der Waals surface area contributed by atoms with Crippen molar-refractivity contribution in [3.63, 3.8) is 0 Å². The minimum atomic E-state index is -0.388. The Balaban J connectivity index is 3.72. The molecule has 4 nitrogen and oxygen atoms in total. The number of nitrogens with two attached hydrogens (primary N) is 2. The van der Waals surface area contributed by atoms with Crippen molar-refractivity contribution in [3.8, 4) is 0 Å². The molecule has 0 aliphatic heterocycles. The Morgan fingerprint density at radius 2 is 2.29 bits per heavy atom. The average molecular weight is 203 g/mol. The van der Waals surface area contributed by atoms with Crippen molar-refractivity contribution in [2.45, 2.75) is 25.8 Å². The lowest BCUT2D eigenvalue weighted by atomic mass is 10.2. The molecule has 0 aromatic carbocycles. The third kappa shape index (κ3) is 7.70. The van der Waals surface area contributed by atoms with Gasteiger partial charge in [-0.05, 0) is 13.3 Å². The second-order valence-electron chi connectivity index (χ2n) is 3.10. The summed E-state index contributed by atoms with van der Waals surface area (Å²) in [6.07, 6.45) is 1.95. The number of rotatable bonds is 6. The second-order valence-corrected chi connectivity index (χ2v) is 3.10. The van der Waals surface area contributed by atoms with Crippen LogP contribution in [0.4, 0.5) is 4.39 Å². The zero-order valence-electron chi connectivity index (χ0n) is 8.41. The van der Waals surface area contributed by atoms with Gasteiger partial charge >= 0.3 is 0 Å². The van der Waals surface area contributed by atoms with Crippen molar-refractivity contribution in [3.05, 3.63) is 11.9 Å². The summed E-state index contributed by atoms with van der Waals surface area (Å²) >= 11 is 0. The van der Waals surface area contributed by atoms with Gasteiger partial charge in [-0.1, -0.05) is 6.08 Å². The molecule has 0 bridgehead atoms. The largest absolute Gasteiger partial charge is 0.395 e. The Kier molecular flexibility index (Phi) is 6.96. The fraction of sp³-hybridized carbons (Fsp3) is 0.667. The molecular formula is C9H18FN3O. The van der Waals surface area contributed by atoms with Gasteiger partial charge in [-0.25, -0.2) is 4.39 Å². The monoisotopic (exact) mass is 203 g/mol. The first kappa shape index (κ1) is 13.1. The highest BCUT2D eigenvalue weighted by Crippen LogP contribution is 2.05. The Labute approximate surface area is 83.5 Å². The molecular weight excluding hydrogens is 185 g/mol. The van der Waals surface area contributed by atoms with E-state index < -0.39 is 0 Å². The Morgan fingerprint density at radius 3 is 2.79 bits per heavy atom. The molecule has 0 aromatic rings. The van der Waals surface area contributed by atoms with E-state index in [1.807, 2.05) is 0 Å². The van der Waals surface area contributed by atoms with Gasteiger partial charge in [0, 0.05) is 19.0 Å². The zero-order valence-corrected chi connectivity index (χ0v) is 8.41. The molecule has 0 fully saturated rings. The van der Waals surface area contributed by atoms with Crippen LogP contribution in [0.15, 0.2) is 16.9 Å². The summed E-state index contributed by atoms with van der Waals surface area (Å²) in [7, 11) is 0. The molecule has 0 saturated heterocycles. The number of amidine groups is 1. The first-order valence-electron chi connectivity index (χ1n) is 4.53. The van der Waals surface area contributed by atoms with Gasteiger partial charge in [0.05, 0.1) is 18.3 Å². The molecule has 0 radical (unpaired) electrons. The lowest BCUT2D eigenvalue weighted by Crippen LogP contribution is -2.23. The van der Waals surface area contributed by atoms with Crippen LogP contribution in [0.3, 0.4) is 0 Å². The van der Waals surface area contributed by atoms with Gasteiger partial charge in [0.2, 0.25) is 0 Å². The summed E-state index contributed by atoms with van der Waals surface area (Å²) in [5.41, 5.74) is 10.7. The van der Waals surface area contributed by atoms with Crippen molar-refractivity contribution < 1.29 is 9.50 Å². The molecule has 0 aliphatic rings. The molecule has 0 aliphatic carbocycles. The summed E-state index contributed by atoms with van der Waals surface area (Å²) in [5.74, 6) is 0.184. The molecule has 0 heterocycles. The van der Waals surface area contributed by atoms with Crippen molar-refractivity contribution in [1.82, 2.24) is 0 Å². The predicted molar refractivity (Wildman–Crippen MR) is 55.6 cm³/mol. The summed E-state index contributed by atoms with van der Waals surface area (Å²) in [4.78, 5) is 3.84. The molecule has 0 rings (SSSR count). The molecule has 82 valence electrons. The van der Waals surface area contributed by atoms with Gasteiger partial charge in [-0.15, -0.1) is 0 Å². The Hall–Kier alpha value is -0.940. The number of nitrogens with zero attached hydrogens (tertiary/aromatic N) is 1. The van der Waals surface area contributed by atoms with Gasteiger partial charge in [-0.2, -0.15) is 0 Å². The molecule has 0 saturated carbocycles. The normalized spacial score (nSPS) is 15.7. The molecule has 0 aromatic heterocycles. The summed E-state index contributed by atoms with van der Waals surface area (Å²) in [5, 5.41) is 8.58. The standard InChI is InChI=1S/C9H18FN3O/c1-7(11)13-5-4-8(10)2-3-9(12)6-14/h2,9,14H,3-6,12H2,1H3,(H2,11,13)/b8-2+/t9-/m0/s1. The topological polar surface area (TPSA) is 84.6 Å². The van der Waals surface area contributed by atoms with E-state index in [1.165, 1.54) is 6.08 Å². The third-order valence-corrected chi connectivity index (χ3v) is 1.59. The van der Waals surface area contributed by atoms with E-state index in [1.54, 1.807) is 6.92 Å². The fourth-order valence-electron chi connectivity index (χ4n) is 0.795. The lowest BCUT2D eigenvalue weighted by molar-refractivity contribution is 0.266. The van der Waals surface area contributed by atoms with E-state index in [9.17, 15) is 4.39 Å². The molecule has 0 unspecified atom stereocenters. The van der Waals surface area contributed by atoms with Gasteiger partial charge in [-0.3, -0.25) is 4.99 Å². The minimum absolute atomic E-state index is 0.135. The van der Waals surface area contributed by atoms with Gasteiger partial charge in [0.25, 0.3) is 0 Å². The summed E-state index contributed by atoms with van der Waals surface area (Å²) in [6, 6.07) is -0.388. The number of hydrogen-bond donors (Lipinski definition) is 3. The number of aliphatic hydroxyl groups excluding tert-OH is 1. The number of halogens is 1. The van der Waals surface area contributed by atoms with E-state index >= 15 is 0 Å². The molecule has 0 amide bonds. The van der Waals surface area contributed by atoms with Crippen LogP contribution in [-0.2, 0) is 0 Å². The first-order valence-corrected chi connectivity index (χ1v) is 4.53. The highest BCUT2D eigenvalue weighted by atomic mass is 19.1. The van der Waals surface area contributed by atoms with Crippen LogP contribution in [0.25, 0.3) is 0 Å². The highest BCUT2D eigenvalue weighted by Gasteiger charge is 1.99. The second kappa shape index (κ2) is 7.46. The SMILES string of the molecule is CC(N)=NCC/C(F)=C\C[C@H](N)CO. The zero-order chi connectivity index (χ0) is 11.0. The molecule has 5 N–H and O–H groups in total. The minimum Gasteiger partial charge on any atom is -0.395 e. The Bertz CT molecular complexity index is 212. The molecule has 0 spiro atoms. The van der Waals surface area contributed by atoms with Crippen LogP contribution in [0, 0.1) is 0 Å². The quantitative estimate of drug-likeness (QED) is 0.429. The molecule has 1 atom stereocenters. The van der Waals surface area contributed by atoms with E-state index in [4.69, 9.17) is 16.6 Å². The van der Waals surface area contributed by atoms with Crippen LogP contribution >= 0.6 is 0 Å². The van der Waals surface area contributed by atoms with E-state index in [0.717, 1.165) is 0 Å². The average Bonchev–Trinajstić information content (AvgIpc) is 2.13. The van der Waals surface area contributed by atoms with E-state index in [0.29, 0.717) is 18.8 Å². The fourth-order valence-corrected chi connectivity index (χ4v) is 0.795. The van der Waals surface area contributed by atoms with Gasteiger partial charge in [0.15, 0.2) is 0 Å². The molecule has 14 heavy (non-hydrogen) atoms. The maximum absolute atomic E-state index is 13.0. The van der Waals surface area contributed by atoms with Crippen LogP contribution in [0.5, 0.6) is 0 Å². The van der Waals surface area contributed by atoms with Gasteiger partial charge in [0.1, 0.15) is 0 Å². The maximum atomic E-state index is 13.0. The van der Waals surface area contributed by atoms with E-state index in [2.05, 4.69) is 4.99 Å². The van der Waals surface area contributed by atoms with Gasteiger partial charge < -0.3 is 16.6 Å². The van der Waals surface area contributed by atoms with Crippen LogP contribution < -0.4 is 11.5 Å². The lowest BCUT2D eigenvalue weighted by Gasteiger charge is -2.03.